The fourth-order valence-electron chi connectivity index (χ4n) is 2.86. The lowest BCUT2D eigenvalue weighted by Crippen LogP contribution is -2.43. The van der Waals surface area contributed by atoms with Gasteiger partial charge in [0.25, 0.3) is 0 Å². The molecule has 1 unspecified atom stereocenters. The molecule has 0 bridgehead atoms. The van der Waals surface area contributed by atoms with Crippen LogP contribution in [0.1, 0.15) is 36.4 Å². The van der Waals surface area contributed by atoms with Crippen LogP contribution in [0.2, 0.25) is 0 Å². The van der Waals surface area contributed by atoms with Crippen molar-refractivity contribution in [3.8, 4) is 5.75 Å². The summed E-state index contributed by atoms with van der Waals surface area (Å²) in [4.78, 5) is 0. The highest BCUT2D eigenvalue weighted by molar-refractivity contribution is 5.34. The summed E-state index contributed by atoms with van der Waals surface area (Å²) in [5.41, 5.74) is 6.07. The summed E-state index contributed by atoms with van der Waals surface area (Å²) >= 11 is 0. The lowest BCUT2D eigenvalue weighted by atomic mass is 9.99. The molecule has 1 saturated heterocycles. The Hall–Kier alpha value is -1.84. The molecule has 0 spiro atoms. The maximum Gasteiger partial charge on any atom is 0.115 e. The van der Waals surface area contributed by atoms with E-state index in [2.05, 4.69) is 34.7 Å². The second-order valence-corrected chi connectivity index (χ2v) is 5.61. The van der Waals surface area contributed by atoms with E-state index in [0.717, 1.165) is 13.1 Å². The number of hydrazine groups is 1. The average molecular weight is 282 g/mol. The summed E-state index contributed by atoms with van der Waals surface area (Å²) in [5, 5.41) is 11.8. The van der Waals surface area contributed by atoms with Crippen LogP contribution in [-0.4, -0.2) is 23.2 Å². The second kappa shape index (κ2) is 6.74. The predicted molar refractivity (Wildman–Crippen MR) is 85.0 cm³/mol. The highest BCUT2D eigenvalue weighted by atomic mass is 16.3. The number of hydrogen-bond acceptors (Lipinski definition) is 3. The molecule has 2 aromatic rings. The van der Waals surface area contributed by atoms with Gasteiger partial charge < -0.3 is 5.11 Å². The van der Waals surface area contributed by atoms with Crippen LogP contribution in [0.4, 0.5) is 0 Å². The number of phenolic OH excluding ortho intramolecular Hbond substituents is 1. The summed E-state index contributed by atoms with van der Waals surface area (Å²) in [6, 6.07) is 18.1. The van der Waals surface area contributed by atoms with Gasteiger partial charge in [0.05, 0.1) is 6.04 Å². The van der Waals surface area contributed by atoms with E-state index in [1.165, 1.54) is 30.4 Å². The van der Waals surface area contributed by atoms with Gasteiger partial charge in [-0.05, 0) is 36.1 Å². The molecular formula is C18H22N2O. The number of phenols is 1. The minimum Gasteiger partial charge on any atom is -0.508 e. The molecule has 1 atom stereocenters. The van der Waals surface area contributed by atoms with Crippen molar-refractivity contribution in [1.29, 1.82) is 0 Å². The molecule has 2 aromatic carbocycles. The number of nitrogens with one attached hydrogen (secondary N) is 1. The van der Waals surface area contributed by atoms with Crippen molar-refractivity contribution in [2.45, 2.75) is 25.3 Å². The zero-order chi connectivity index (χ0) is 14.5. The van der Waals surface area contributed by atoms with Crippen molar-refractivity contribution in [3.05, 3.63) is 65.7 Å². The number of hydrogen-bond donors (Lipinski definition) is 2. The van der Waals surface area contributed by atoms with Crippen molar-refractivity contribution in [1.82, 2.24) is 10.4 Å². The Morgan fingerprint density at radius 2 is 1.43 bits per heavy atom. The molecule has 0 aliphatic carbocycles. The molecule has 0 saturated carbocycles. The summed E-state index contributed by atoms with van der Waals surface area (Å²) in [5.74, 6) is 0.309. The SMILES string of the molecule is Oc1ccc(C(NN2CCCCC2)c2ccccc2)cc1. The van der Waals surface area contributed by atoms with Crippen LogP contribution in [-0.2, 0) is 0 Å². The minimum atomic E-state index is 0.130. The fourth-order valence-corrected chi connectivity index (χ4v) is 2.86. The largest absolute Gasteiger partial charge is 0.508 e. The van der Waals surface area contributed by atoms with E-state index in [4.69, 9.17) is 0 Å². The van der Waals surface area contributed by atoms with Crippen LogP contribution in [0.3, 0.4) is 0 Å². The zero-order valence-corrected chi connectivity index (χ0v) is 12.2. The molecule has 1 fully saturated rings. The minimum absolute atomic E-state index is 0.130. The molecule has 1 aliphatic heterocycles. The molecule has 2 N–H and O–H groups in total. The van der Waals surface area contributed by atoms with Crippen LogP contribution in [0.25, 0.3) is 0 Å². The van der Waals surface area contributed by atoms with E-state index < -0.39 is 0 Å². The van der Waals surface area contributed by atoms with Crippen molar-refractivity contribution in [2.24, 2.45) is 0 Å². The van der Waals surface area contributed by atoms with Gasteiger partial charge in [0.2, 0.25) is 0 Å². The summed E-state index contributed by atoms with van der Waals surface area (Å²) < 4.78 is 0. The van der Waals surface area contributed by atoms with Gasteiger partial charge in [0.15, 0.2) is 0 Å². The molecule has 3 nitrogen and oxygen atoms in total. The molecule has 0 aromatic heterocycles. The lowest BCUT2D eigenvalue weighted by Gasteiger charge is -2.32. The Balaban J connectivity index is 1.85. The molecule has 3 heteroatoms. The third kappa shape index (κ3) is 3.63. The lowest BCUT2D eigenvalue weighted by molar-refractivity contribution is 0.138. The maximum atomic E-state index is 9.50. The number of nitrogens with zero attached hydrogens (tertiary/aromatic N) is 1. The molecule has 0 amide bonds. The number of rotatable bonds is 4. The zero-order valence-electron chi connectivity index (χ0n) is 12.2. The predicted octanol–water partition coefficient (Wildman–Crippen LogP) is 3.47. The van der Waals surface area contributed by atoms with Crippen LogP contribution in [0, 0.1) is 0 Å². The van der Waals surface area contributed by atoms with E-state index in [0.29, 0.717) is 5.75 Å². The van der Waals surface area contributed by atoms with Gasteiger partial charge in [-0.1, -0.05) is 48.9 Å². The van der Waals surface area contributed by atoms with Crippen LogP contribution in [0.15, 0.2) is 54.6 Å². The first-order valence-corrected chi connectivity index (χ1v) is 7.68. The standard InChI is InChI=1S/C18H22N2O/c21-17-11-9-16(10-12-17)18(15-7-3-1-4-8-15)19-20-13-5-2-6-14-20/h1,3-4,7-12,18-19,21H,2,5-6,13-14H2. The summed E-state index contributed by atoms with van der Waals surface area (Å²) in [7, 11) is 0. The van der Waals surface area contributed by atoms with Gasteiger partial charge in [-0.2, -0.15) is 0 Å². The Morgan fingerprint density at radius 3 is 2.10 bits per heavy atom. The van der Waals surface area contributed by atoms with E-state index in [-0.39, 0.29) is 6.04 Å². The first-order valence-electron chi connectivity index (χ1n) is 7.68. The first kappa shape index (κ1) is 14.1. The van der Waals surface area contributed by atoms with E-state index in [1.54, 1.807) is 12.1 Å². The summed E-state index contributed by atoms with van der Waals surface area (Å²) in [6.45, 7) is 2.20. The third-order valence-electron chi connectivity index (χ3n) is 4.03. The van der Waals surface area contributed by atoms with Gasteiger partial charge >= 0.3 is 0 Å². The second-order valence-electron chi connectivity index (χ2n) is 5.61. The number of benzene rings is 2. The Kier molecular flexibility index (Phi) is 4.53. The normalized spacial score (nSPS) is 17.5. The Labute approximate surface area is 126 Å². The first-order chi connectivity index (χ1) is 10.3. The third-order valence-corrected chi connectivity index (χ3v) is 4.03. The van der Waals surface area contributed by atoms with Crippen molar-refractivity contribution in [2.75, 3.05) is 13.1 Å². The van der Waals surface area contributed by atoms with Gasteiger partial charge in [-0.3, -0.25) is 0 Å². The fraction of sp³-hybridized carbons (Fsp3) is 0.333. The smallest absolute Gasteiger partial charge is 0.115 e. The highest BCUT2D eigenvalue weighted by Crippen LogP contribution is 2.24. The van der Waals surface area contributed by atoms with Crippen LogP contribution >= 0.6 is 0 Å². The van der Waals surface area contributed by atoms with Crippen LogP contribution < -0.4 is 5.43 Å². The topological polar surface area (TPSA) is 35.5 Å². The van der Waals surface area contributed by atoms with Gasteiger partial charge in [-0.25, -0.2) is 10.4 Å². The molecule has 110 valence electrons. The van der Waals surface area contributed by atoms with Gasteiger partial charge in [-0.15, -0.1) is 0 Å². The molecule has 0 radical (unpaired) electrons. The van der Waals surface area contributed by atoms with Crippen molar-refractivity contribution >= 4 is 0 Å². The van der Waals surface area contributed by atoms with E-state index in [9.17, 15) is 5.11 Å². The summed E-state index contributed by atoms with van der Waals surface area (Å²) in [6.07, 6.45) is 3.83. The molecule has 3 rings (SSSR count). The molecule has 1 aliphatic rings. The Morgan fingerprint density at radius 1 is 0.810 bits per heavy atom. The average Bonchev–Trinajstić information content (AvgIpc) is 2.55. The maximum absolute atomic E-state index is 9.50. The highest BCUT2D eigenvalue weighted by Gasteiger charge is 2.18. The molecule has 1 heterocycles. The molecule has 21 heavy (non-hydrogen) atoms. The number of aromatic hydroxyl groups is 1. The number of piperidine rings is 1. The monoisotopic (exact) mass is 282 g/mol. The Bertz CT molecular complexity index is 547. The molecular weight excluding hydrogens is 260 g/mol. The van der Waals surface area contributed by atoms with Gasteiger partial charge in [0.1, 0.15) is 5.75 Å². The van der Waals surface area contributed by atoms with Gasteiger partial charge in [0, 0.05) is 13.1 Å². The van der Waals surface area contributed by atoms with Crippen molar-refractivity contribution in [3.63, 3.8) is 0 Å². The van der Waals surface area contributed by atoms with Crippen LogP contribution in [0.5, 0.6) is 5.75 Å². The quantitative estimate of drug-likeness (QED) is 0.901. The van der Waals surface area contributed by atoms with Crippen molar-refractivity contribution < 1.29 is 5.11 Å². The van der Waals surface area contributed by atoms with E-state index in [1.807, 2.05) is 18.2 Å². The van der Waals surface area contributed by atoms with E-state index >= 15 is 0 Å².